The van der Waals surface area contributed by atoms with Crippen LogP contribution in [0.15, 0.2) is 53.3 Å². The van der Waals surface area contributed by atoms with Gasteiger partial charge in [-0.05, 0) is 37.1 Å². The zero-order chi connectivity index (χ0) is 16.6. The minimum atomic E-state index is -0.173. The van der Waals surface area contributed by atoms with Crippen molar-refractivity contribution >= 4 is 23.2 Å². The van der Waals surface area contributed by atoms with Gasteiger partial charge in [0.2, 0.25) is 0 Å². The maximum Gasteiger partial charge on any atom is 0.275 e. The van der Waals surface area contributed by atoms with Gasteiger partial charge in [0.15, 0.2) is 0 Å². The van der Waals surface area contributed by atoms with E-state index in [0.29, 0.717) is 15.6 Å². The molecule has 2 aromatic carbocycles. The van der Waals surface area contributed by atoms with Gasteiger partial charge in [-0.15, -0.1) is 0 Å². The Kier molecular flexibility index (Phi) is 4.33. The summed E-state index contributed by atoms with van der Waals surface area (Å²) < 4.78 is 1.62. The van der Waals surface area contributed by atoms with Crippen molar-refractivity contribution in [2.75, 3.05) is 0 Å². The van der Waals surface area contributed by atoms with Gasteiger partial charge in [0.1, 0.15) is 0 Å². The van der Waals surface area contributed by atoms with Gasteiger partial charge >= 0.3 is 0 Å². The Morgan fingerprint density at radius 3 is 2.39 bits per heavy atom. The number of halogens is 2. The number of aryl methyl sites for hydroxylation is 1. The van der Waals surface area contributed by atoms with Crippen LogP contribution in [0.4, 0.5) is 0 Å². The van der Waals surface area contributed by atoms with E-state index in [0.717, 1.165) is 16.8 Å². The van der Waals surface area contributed by atoms with Gasteiger partial charge in [0, 0.05) is 5.69 Å². The molecule has 0 saturated heterocycles. The molecule has 0 aliphatic rings. The summed E-state index contributed by atoms with van der Waals surface area (Å²) in [6, 6.07) is 14.9. The molecule has 1 aromatic heterocycles. The van der Waals surface area contributed by atoms with E-state index in [9.17, 15) is 4.79 Å². The molecule has 3 nitrogen and oxygen atoms in total. The zero-order valence-corrected chi connectivity index (χ0v) is 14.3. The highest BCUT2D eigenvalue weighted by molar-refractivity contribution is 6.42. The van der Waals surface area contributed by atoms with E-state index >= 15 is 0 Å². The molecule has 0 bridgehead atoms. The minimum absolute atomic E-state index is 0.0488. The van der Waals surface area contributed by atoms with Crippen LogP contribution in [0.25, 0.3) is 11.1 Å². The third-order valence-corrected chi connectivity index (χ3v) is 4.71. The first kappa shape index (κ1) is 15.9. The zero-order valence-electron chi connectivity index (χ0n) is 12.8. The average molecular weight is 347 g/mol. The van der Waals surface area contributed by atoms with Crippen molar-refractivity contribution in [3.05, 3.63) is 80.2 Å². The Morgan fingerprint density at radius 2 is 1.74 bits per heavy atom. The fourth-order valence-electron chi connectivity index (χ4n) is 2.71. The lowest BCUT2D eigenvalue weighted by Crippen LogP contribution is -2.22. The van der Waals surface area contributed by atoms with Crippen molar-refractivity contribution < 1.29 is 0 Å². The number of hydrogen-bond acceptors (Lipinski definition) is 1. The first-order chi connectivity index (χ1) is 11.0. The lowest BCUT2D eigenvalue weighted by Gasteiger charge is -2.13. The van der Waals surface area contributed by atoms with Crippen LogP contribution in [0.1, 0.15) is 24.2 Å². The van der Waals surface area contributed by atoms with Crippen LogP contribution < -0.4 is 5.56 Å². The summed E-state index contributed by atoms with van der Waals surface area (Å²) in [5.41, 5.74) is 3.31. The number of nitrogens with one attached hydrogen (secondary N) is 1. The molecule has 0 fully saturated rings. The van der Waals surface area contributed by atoms with Crippen molar-refractivity contribution in [3.8, 4) is 11.1 Å². The van der Waals surface area contributed by atoms with Gasteiger partial charge in [-0.2, -0.15) is 0 Å². The van der Waals surface area contributed by atoms with Crippen molar-refractivity contribution in [2.24, 2.45) is 0 Å². The van der Waals surface area contributed by atoms with E-state index in [1.807, 2.05) is 50.2 Å². The highest BCUT2D eigenvalue weighted by Crippen LogP contribution is 2.27. The Labute approximate surface area is 144 Å². The molecule has 23 heavy (non-hydrogen) atoms. The number of benzene rings is 2. The number of rotatable bonds is 3. The third-order valence-electron chi connectivity index (χ3n) is 3.97. The van der Waals surface area contributed by atoms with Crippen LogP contribution in [0.5, 0.6) is 0 Å². The van der Waals surface area contributed by atoms with Gasteiger partial charge in [-0.25, -0.2) is 4.68 Å². The molecule has 1 N–H and O–H groups in total. The molecule has 0 amide bonds. The van der Waals surface area contributed by atoms with Gasteiger partial charge in [0.25, 0.3) is 5.56 Å². The van der Waals surface area contributed by atoms with E-state index < -0.39 is 0 Å². The van der Waals surface area contributed by atoms with E-state index in [2.05, 4.69) is 5.10 Å². The standard InChI is InChI=1S/C18H16Cl2N2O/c1-11-17(13-6-4-3-5-7-13)18(23)22(21-11)12(2)14-8-9-15(19)16(20)10-14/h3-10,12,21H,1-2H3. The van der Waals surface area contributed by atoms with E-state index in [4.69, 9.17) is 23.2 Å². The Hall–Kier alpha value is -1.97. The molecular formula is C18H16Cl2N2O. The van der Waals surface area contributed by atoms with Crippen molar-refractivity contribution in [3.63, 3.8) is 0 Å². The summed E-state index contributed by atoms with van der Waals surface area (Å²) in [5.74, 6) is 0. The van der Waals surface area contributed by atoms with Crippen LogP contribution in [0.3, 0.4) is 0 Å². The van der Waals surface area contributed by atoms with Crippen LogP contribution in [-0.4, -0.2) is 9.78 Å². The quantitative estimate of drug-likeness (QED) is 0.706. The summed E-state index contributed by atoms with van der Waals surface area (Å²) in [4.78, 5) is 12.8. The topological polar surface area (TPSA) is 37.8 Å². The lowest BCUT2D eigenvalue weighted by molar-refractivity contribution is 0.544. The number of nitrogens with zero attached hydrogens (tertiary/aromatic N) is 1. The van der Waals surface area contributed by atoms with E-state index in [1.54, 1.807) is 16.8 Å². The summed E-state index contributed by atoms with van der Waals surface area (Å²) >= 11 is 12.1. The molecule has 5 heteroatoms. The third kappa shape index (κ3) is 2.94. The summed E-state index contributed by atoms with van der Waals surface area (Å²) in [7, 11) is 0. The van der Waals surface area contributed by atoms with Crippen molar-refractivity contribution in [2.45, 2.75) is 19.9 Å². The van der Waals surface area contributed by atoms with Gasteiger partial charge in [0.05, 0.1) is 21.7 Å². The maximum atomic E-state index is 12.8. The van der Waals surface area contributed by atoms with Crippen LogP contribution in [0, 0.1) is 6.92 Å². The van der Waals surface area contributed by atoms with Crippen LogP contribution in [0.2, 0.25) is 10.0 Å². The first-order valence-electron chi connectivity index (χ1n) is 7.30. The second-order valence-corrected chi connectivity index (χ2v) is 6.32. The highest BCUT2D eigenvalue weighted by atomic mass is 35.5. The number of aromatic nitrogens is 2. The molecule has 0 aliphatic heterocycles. The Morgan fingerprint density at radius 1 is 1.04 bits per heavy atom. The SMILES string of the molecule is Cc1[nH]n(C(C)c2ccc(Cl)c(Cl)c2)c(=O)c1-c1ccccc1. The van der Waals surface area contributed by atoms with Crippen molar-refractivity contribution in [1.29, 1.82) is 0 Å². The van der Waals surface area contributed by atoms with Crippen molar-refractivity contribution in [1.82, 2.24) is 9.78 Å². The van der Waals surface area contributed by atoms with E-state index in [1.165, 1.54) is 0 Å². The number of hydrogen-bond donors (Lipinski definition) is 1. The van der Waals surface area contributed by atoms with Gasteiger partial charge in [-0.1, -0.05) is 59.6 Å². The summed E-state index contributed by atoms with van der Waals surface area (Å²) in [6.45, 7) is 3.85. The second-order valence-electron chi connectivity index (χ2n) is 5.50. The highest BCUT2D eigenvalue weighted by Gasteiger charge is 2.18. The largest absolute Gasteiger partial charge is 0.299 e. The Balaban J connectivity index is 2.07. The molecule has 1 heterocycles. The first-order valence-corrected chi connectivity index (χ1v) is 8.06. The van der Waals surface area contributed by atoms with Gasteiger partial charge in [-0.3, -0.25) is 9.89 Å². The van der Waals surface area contributed by atoms with Crippen LogP contribution in [-0.2, 0) is 0 Å². The Bertz CT molecular complexity index is 897. The molecule has 1 unspecified atom stereocenters. The molecule has 3 aromatic rings. The minimum Gasteiger partial charge on any atom is -0.299 e. The fourth-order valence-corrected chi connectivity index (χ4v) is 3.01. The molecular weight excluding hydrogens is 331 g/mol. The molecule has 0 spiro atoms. The molecule has 0 saturated carbocycles. The smallest absolute Gasteiger partial charge is 0.275 e. The molecule has 3 rings (SSSR count). The predicted molar refractivity (Wildman–Crippen MR) is 95.5 cm³/mol. The number of aromatic amines is 1. The number of H-pyrrole nitrogens is 1. The predicted octanol–water partition coefficient (Wildman–Crippen LogP) is 5.07. The summed E-state index contributed by atoms with van der Waals surface area (Å²) in [6.07, 6.45) is 0. The molecule has 0 radical (unpaired) electrons. The lowest BCUT2D eigenvalue weighted by atomic mass is 10.1. The van der Waals surface area contributed by atoms with Crippen LogP contribution >= 0.6 is 23.2 Å². The second kappa shape index (κ2) is 6.26. The molecule has 118 valence electrons. The monoisotopic (exact) mass is 346 g/mol. The molecule has 1 atom stereocenters. The fraction of sp³-hybridized carbons (Fsp3) is 0.167. The molecule has 0 aliphatic carbocycles. The summed E-state index contributed by atoms with van der Waals surface area (Å²) in [5, 5.41) is 4.16. The maximum absolute atomic E-state index is 12.8. The van der Waals surface area contributed by atoms with E-state index in [-0.39, 0.29) is 11.6 Å². The average Bonchev–Trinajstić information content (AvgIpc) is 2.85. The normalized spacial score (nSPS) is 12.3. The van der Waals surface area contributed by atoms with Gasteiger partial charge < -0.3 is 0 Å².